The number of carbonyl (C=O) groups is 2. The fourth-order valence-corrected chi connectivity index (χ4v) is 2.22. The molecule has 114 valence electrons. The van der Waals surface area contributed by atoms with Crippen LogP contribution >= 0.6 is 0 Å². The Balaban J connectivity index is 1.88. The van der Waals surface area contributed by atoms with Crippen molar-refractivity contribution in [2.45, 2.75) is 25.2 Å². The number of rotatable bonds is 5. The average Bonchev–Trinajstić information content (AvgIpc) is 2.86. The standard InChI is InChI=1S/C15H18O6/c1-10(16)21-13-9-19-12(14(13)18-2)8-20-15(17)11-6-4-3-5-7-11/h3-7,12-14H,8-9H2,1-2H3/t12-,13+,14-/m1/s1. The van der Waals surface area contributed by atoms with E-state index in [9.17, 15) is 9.59 Å². The van der Waals surface area contributed by atoms with E-state index in [4.69, 9.17) is 18.9 Å². The molecule has 6 nitrogen and oxygen atoms in total. The minimum Gasteiger partial charge on any atom is -0.459 e. The zero-order valence-electron chi connectivity index (χ0n) is 12.0. The van der Waals surface area contributed by atoms with Gasteiger partial charge in [-0.05, 0) is 12.1 Å². The first-order chi connectivity index (χ1) is 10.1. The summed E-state index contributed by atoms with van der Waals surface area (Å²) in [6, 6.07) is 8.69. The molecule has 1 aliphatic heterocycles. The molecule has 1 aromatic carbocycles. The maximum Gasteiger partial charge on any atom is 0.338 e. The van der Waals surface area contributed by atoms with Gasteiger partial charge in [-0.3, -0.25) is 4.79 Å². The molecule has 1 heterocycles. The molecule has 1 aromatic rings. The van der Waals surface area contributed by atoms with Crippen molar-refractivity contribution in [2.24, 2.45) is 0 Å². The van der Waals surface area contributed by atoms with Crippen LogP contribution in [-0.2, 0) is 23.7 Å². The van der Waals surface area contributed by atoms with E-state index in [2.05, 4.69) is 0 Å². The summed E-state index contributed by atoms with van der Waals surface area (Å²) in [5.74, 6) is -0.822. The fourth-order valence-electron chi connectivity index (χ4n) is 2.22. The molecule has 0 aliphatic carbocycles. The summed E-state index contributed by atoms with van der Waals surface area (Å²) in [7, 11) is 1.50. The van der Waals surface area contributed by atoms with Gasteiger partial charge in [-0.1, -0.05) is 18.2 Å². The first-order valence-corrected chi connectivity index (χ1v) is 6.65. The van der Waals surface area contributed by atoms with Crippen LogP contribution in [0.15, 0.2) is 30.3 Å². The maximum atomic E-state index is 11.9. The number of esters is 2. The number of hydrogen-bond donors (Lipinski definition) is 0. The Hall–Kier alpha value is -1.92. The lowest BCUT2D eigenvalue weighted by Gasteiger charge is -2.20. The smallest absolute Gasteiger partial charge is 0.338 e. The van der Waals surface area contributed by atoms with Gasteiger partial charge in [0, 0.05) is 14.0 Å². The normalized spacial score (nSPS) is 24.6. The minimum atomic E-state index is -0.479. The van der Waals surface area contributed by atoms with Gasteiger partial charge in [0.05, 0.1) is 12.2 Å². The lowest BCUT2D eigenvalue weighted by molar-refractivity contribution is -0.151. The van der Waals surface area contributed by atoms with Crippen molar-refractivity contribution in [3.8, 4) is 0 Å². The first kappa shape index (κ1) is 15.5. The summed E-state index contributed by atoms with van der Waals surface area (Å²) in [6.07, 6.45) is -1.38. The molecule has 1 fully saturated rings. The van der Waals surface area contributed by atoms with Gasteiger partial charge >= 0.3 is 11.9 Å². The fraction of sp³-hybridized carbons (Fsp3) is 0.467. The van der Waals surface area contributed by atoms with Gasteiger partial charge in [-0.25, -0.2) is 4.79 Å². The molecule has 0 saturated carbocycles. The van der Waals surface area contributed by atoms with E-state index in [0.29, 0.717) is 5.56 Å². The monoisotopic (exact) mass is 294 g/mol. The molecule has 0 aromatic heterocycles. The molecular formula is C15H18O6. The molecule has 3 atom stereocenters. The van der Waals surface area contributed by atoms with Crippen molar-refractivity contribution in [3.05, 3.63) is 35.9 Å². The molecule has 0 unspecified atom stereocenters. The Morgan fingerprint density at radius 2 is 2.00 bits per heavy atom. The molecule has 0 amide bonds. The molecule has 2 rings (SSSR count). The van der Waals surface area contributed by atoms with Gasteiger partial charge in [0.25, 0.3) is 0 Å². The van der Waals surface area contributed by atoms with Crippen molar-refractivity contribution in [2.75, 3.05) is 20.3 Å². The highest BCUT2D eigenvalue weighted by Gasteiger charge is 2.40. The van der Waals surface area contributed by atoms with Crippen LogP contribution in [0.25, 0.3) is 0 Å². The summed E-state index contributed by atoms with van der Waals surface area (Å²) in [4.78, 5) is 22.9. The van der Waals surface area contributed by atoms with Crippen LogP contribution in [0.3, 0.4) is 0 Å². The zero-order valence-corrected chi connectivity index (χ0v) is 12.0. The summed E-state index contributed by atoms with van der Waals surface area (Å²) in [5.41, 5.74) is 0.473. The molecule has 0 bridgehead atoms. The lowest BCUT2D eigenvalue weighted by Crippen LogP contribution is -2.37. The topological polar surface area (TPSA) is 71.1 Å². The Morgan fingerprint density at radius 1 is 1.29 bits per heavy atom. The number of methoxy groups -OCH3 is 1. The summed E-state index contributed by atoms with van der Waals surface area (Å²) in [6.45, 7) is 1.60. The van der Waals surface area contributed by atoms with Crippen LogP contribution in [0.2, 0.25) is 0 Å². The molecule has 0 spiro atoms. The molecule has 6 heteroatoms. The zero-order chi connectivity index (χ0) is 15.2. The number of benzene rings is 1. The Labute approximate surface area is 122 Å². The Morgan fingerprint density at radius 3 is 2.62 bits per heavy atom. The van der Waals surface area contributed by atoms with Crippen molar-refractivity contribution in [1.82, 2.24) is 0 Å². The molecule has 0 radical (unpaired) electrons. The second-order valence-corrected chi connectivity index (χ2v) is 4.68. The van der Waals surface area contributed by atoms with E-state index >= 15 is 0 Å². The number of carbonyl (C=O) groups excluding carboxylic acids is 2. The predicted molar refractivity (Wildman–Crippen MR) is 72.8 cm³/mol. The van der Waals surface area contributed by atoms with Crippen molar-refractivity contribution >= 4 is 11.9 Å². The SMILES string of the molecule is CO[C@H]1[C@@H](OC(C)=O)CO[C@@H]1COC(=O)c1ccccc1. The van der Waals surface area contributed by atoms with E-state index in [1.54, 1.807) is 24.3 Å². The van der Waals surface area contributed by atoms with E-state index in [-0.39, 0.29) is 13.2 Å². The van der Waals surface area contributed by atoms with Crippen LogP contribution < -0.4 is 0 Å². The van der Waals surface area contributed by atoms with E-state index in [0.717, 1.165) is 0 Å². The quantitative estimate of drug-likeness (QED) is 0.760. The summed E-state index contributed by atoms with van der Waals surface area (Å²) < 4.78 is 21.1. The van der Waals surface area contributed by atoms with Gasteiger partial charge < -0.3 is 18.9 Å². The van der Waals surface area contributed by atoms with Crippen LogP contribution in [-0.4, -0.2) is 50.6 Å². The first-order valence-electron chi connectivity index (χ1n) is 6.65. The van der Waals surface area contributed by atoms with Gasteiger partial charge in [0.1, 0.15) is 18.8 Å². The third-order valence-electron chi connectivity index (χ3n) is 3.19. The largest absolute Gasteiger partial charge is 0.459 e. The molecule has 1 aliphatic rings. The summed E-state index contributed by atoms with van der Waals surface area (Å²) in [5, 5.41) is 0. The van der Waals surface area contributed by atoms with Gasteiger partial charge in [-0.2, -0.15) is 0 Å². The van der Waals surface area contributed by atoms with Crippen LogP contribution in [0.4, 0.5) is 0 Å². The van der Waals surface area contributed by atoms with Crippen molar-refractivity contribution in [3.63, 3.8) is 0 Å². The summed E-state index contributed by atoms with van der Waals surface area (Å²) >= 11 is 0. The second kappa shape index (κ2) is 7.19. The third-order valence-corrected chi connectivity index (χ3v) is 3.19. The van der Waals surface area contributed by atoms with Crippen LogP contribution in [0.1, 0.15) is 17.3 Å². The number of hydrogen-bond acceptors (Lipinski definition) is 6. The van der Waals surface area contributed by atoms with Gasteiger partial charge in [0.2, 0.25) is 0 Å². The average molecular weight is 294 g/mol. The van der Waals surface area contributed by atoms with Gasteiger partial charge in [0.15, 0.2) is 6.10 Å². The highest BCUT2D eigenvalue weighted by Crippen LogP contribution is 2.21. The van der Waals surface area contributed by atoms with Crippen molar-refractivity contribution in [1.29, 1.82) is 0 Å². The molecule has 21 heavy (non-hydrogen) atoms. The van der Waals surface area contributed by atoms with Crippen LogP contribution in [0.5, 0.6) is 0 Å². The highest BCUT2D eigenvalue weighted by atomic mass is 16.6. The second-order valence-electron chi connectivity index (χ2n) is 4.68. The van der Waals surface area contributed by atoms with E-state index in [1.807, 2.05) is 6.07 Å². The van der Waals surface area contributed by atoms with Crippen LogP contribution in [0, 0.1) is 0 Å². The molecule has 1 saturated heterocycles. The molecular weight excluding hydrogens is 276 g/mol. The Kier molecular flexibility index (Phi) is 5.30. The number of ether oxygens (including phenoxy) is 4. The lowest BCUT2D eigenvalue weighted by atomic mass is 10.1. The third kappa shape index (κ3) is 4.03. The van der Waals surface area contributed by atoms with Crippen molar-refractivity contribution < 1.29 is 28.5 Å². The van der Waals surface area contributed by atoms with Gasteiger partial charge in [-0.15, -0.1) is 0 Å². The Bertz CT molecular complexity index is 486. The predicted octanol–water partition coefficient (Wildman–Crippen LogP) is 1.19. The van der Waals surface area contributed by atoms with E-state index < -0.39 is 30.3 Å². The van der Waals surface area contributed by atoms with E-state index in [1.165, 1.54) is 14.0 Å². The minimum absolute atomic E-state index is 0.0456. The maximum absolute atomic E-state index is 11.9. The highest BCUT2D eigenvalue weighted by molar-refractivity contribution is 5.89. The molecule has 0 N–H and O–H groups in total.